The van der Waals surface area contributed by atoms with Gasteiger partial charge in [0.15, 0.2) is 5.13 Å². The Hall–Kier alpha value is -2.44. The van der Waals surface area contributed by atoms with Crippen molar-refractivity contribution in [2.24, 2.45) is 11.8 Å². The second-order valence-corrected chi connectivity index (χ2v) is 12.7. The van der Waals surface area contributed by atoms with Crippen LogP contribution in [0.3, 0.4) is 0 Å². The summed E-state index contributed by atoms with van der Waals surface area (Å²) in [5, 5.41) is 6.33. The van der Waals surface area contributed by atoms with Crippen LogP contribution in [0.1, 0.15) is 79.7 Å². The van der Waals surface area contributed by atoms with Gasteiger partial charge in [0.05, 0.1) is 5.69 Å². The van der Waals surface area contributed by atoms with Crippen LogP contribution in [-0.2, 0) is 12.8 Å². The monoisotopic (exact) mass is 518 g/mol. The van der Waals surface area contributed by atoms with Gasteiger partial charge in [-0.25, -0.2) is 4.98 Å². The van der Waals surface area contributed by atoms with Crippen LogP contribution in [0.25, 0.3) is 10.8 Å². The number of carbonyl (C=O) groups is 1. The lowest BCUT2D eigenvalue weighted by molar-refractivity contribution is 0.0917. The number of thiazole rings is 1. The van der Waals surface area contributed by atoms with Gasteiger partial charge in [-0.05, 0) is 106 Å². The van der Waals surface area contributed by atoms with E-state index in [1.807, 2.05) is 30.3 Å². The van der Waals surface area contributed by atoms with Crippen molar-refractivity contribution in [3.05, 3.63) is 58.6 Å². The molecule has 0 saturated heterocycles. The number of nitrogens with one attached hydrogen (secondary N) is 1. The van der Waals surface area contributed by atoms with E-state index < -0.39 is 0 Å². The summed E-state index contributed by atoms with van der Waals surface area (Å²) in [5.74, 6) is 1.55. The molecule has 0 unspecified atom stereocenters. The SMILES string of the molecule is CC(C)CCN(CCC1CCC(NC(=O)c2ccc3ccccc3c2)CC1)[C@H]1CCc2nc(N)sc2C1. The Morgan fingerprint density at radius 2 is 1.86 bits per heavy atom. The number of hydrogen-bond donors (Lipinski definition) is 2. The average Bonchev–Trinajstić information content (AvgIpc) is 3.28. The van der Waals surface area contributed by atoms with Crippen LogP contribution in [0.2, 0.25) is 0 Å². The Morgan fingerprint density at radius 3 is 2.65 bits per heavy atom. The molecule has 3 N–H and O–H groups in total. The fraction of sp³-hybridized carbons (Fsp3) is 0.548. The predicted octanol–water partition coefficient (Wildman–Crippen LogP) is 6.46. The van der Waals surface area contributed by atoms with Crippen LogP contribution in [0.15, 0.2) is 42.5 Å². The van der Waals surface area contributed by atoms with Gasteiger partial charge in [-0.3, -0.25) is 9.69 Å². The van der Waals surface area contributed by atoms with Crippen LogP contribution >= 0.6 is 11.3 Å². The molecule has 1 heterocycles. The number of nitrogens with two attached hydrogens (primary N) is 1. The van der Waals surface area contributed by atoms with Crippen molar-refractivity contribution in [1.82, 2.24) is 15.2 Å². The average molecular weight is 519 g/mol. The van der Waals surface area contributed by atoms with Gasteiger partial charge in [0.25, 0.3) is 5.91 Å². The van der Waals surface area contributed by atoms with Crippen LogP contribution in [0, 0.1) is 11.8 Å². The minimum Gasteiger partial charge on any atom is -0.375 e. The highest BCUT2D eigenvalue weighted by Gasteiger charge is 2.28. The molecule has 5 rings (SSSR count). The van der Waals surface area contributed by atoms with Crippen molar-refractivity contribution in [1.29, 1.82) is 0 Å². The molecule has 2 aliphatic carbocycles. The van der Waals surface area contributed by atoms with Crippen molar-refractivity contribution >= 4 is 33.1 Å². The summed E-state index contributed by atoms with van der Waals surface area (Å²) in [6, 6.07) is 15.1. The third kappa shape index (κ3) is 6.71. The maximum atomic E-state index is 12.9. The Kier molecular flexibility index (Phi) is 8.46. The second kappa shape index (κ2) is 12.0. The highest BCUT2D eigenvalue weighted by atomic mass is 32.1. The zero-order valence-corrected chi connectivity index (χ0v) is 23.2. The summed E-state index contributed by atoms with van der Waals surface area (Å²) in [6.45, 7) is 7.02. The first-order chi connectivity index (χ1) is 17.9. The molecule has 0 radical (unpaired) electrons. The number of benzene rings is 2. The number of carbonyl (C=O) groups excluding carboxylic acids is 1. The molecule has 2 aromatic carbocycles. The van der Waals surface area contributed by atoms with E-state index in [0.717, 1.165) is 53.6 Å². The molecule has 1 saturated carbocycles. The molecule has 0 bridgehead atoms. The van der Waals surface area contributed by atoms with E-state index in [-0.39, 0.29) is 5.91 Å². The molecular formula is C31H42N4OS. The molecular weight excluding hydrogens is 476 g/mol. The first-order valence-electron chi connectivity index (χ1n) is 14.2. The Balaban J connectivity index is 1.11. The first kappa shape index (κ1) is 26.2. The molecule has 0 spiro atoms. The summed E-state index contributed by atoms with van der Waals surface area (Å²) in [4.78, 5) is 21.6. The van der Waals surface area contributed by atoms with Gasteiger partial charge in [-0.2, -0.15) is 0 Å². The van der Waals surface area contributed by atoms with E-state index in [2.05, 4.69) is 41.2 Å². The van der Waals surface area contributed by atoms with E-state index in [0.29, 0.717) is 12.1 Å². The maximum absolute atomic E-state index is 12.9. The summed E-state index contributed by atoms with van der Waals surface area (Å²) >= 11 is 1.69. The van der Waals surface area contributed by atoms with E-state index in [9.17, 15) is 4.79 Å². The van der Waals surface area contributed by atoms with Crippen molar-refractivity contribution in [2.45, 2.75) is 83.7 Å². The van der Waals surface area contributed by atoms with Gasteiger partial charge < -0.3 is 11.1 Å². The molecule has 1 fully saturated rings. The van der Waals surface area contributed by atoms with E-state index in [4.69, 9.17) is 5.73 Å². The zero-order valence-electron chi connectivity index (χ0n) is 22.4. The topological polar surface area (TPSA) is 71.2 Å². The number of fused-ring (bicyclic) bond motifs is 2. The minimum absolute atomic E-state index is 0.0643. The summed E-state index contributed by atoms with van der Waals surface area (Å²) < 4.78 is 0. The molecule has 1 atom stereocenters. The Morgan fingerprint density at radius 1 is 1.08 bits per heavy atom. The number of anilines is 1. The fourth-order valence-electron chi connectivity index (χ4n) is 6.13. The molecule has 6 heteroatoms. The van der Waals surface area contributed by atoms with Crippen molar-refractivity contribution < 1.29 is 4.79 Å². The van der Waals surface area contributed by atoms with Crippen molar-refractivity contribution in [3.63, 3.8) is 0 Å². The maximum Gasteiger partial charge on any atom is 0.251 e. The second-order valence-electron chi connectivity index (χ2n) is 11.6. The number of aryl methyl sites for hydroxylation is 1. The highest BCUT2D eigenvalue weighted by molar-refractivity contribution is 7.15. The Labute approximate surface area is 225 Å². The third-order valence-electron chi connectivity index (χ3n) is 8.46. The molecule has 1 aromatic heterocycles. The van der Waals surface area contributed by atoms with Gasteiger partial charge in [0, 0.05) is 22.5 Å². The van der Waals surface area contributed by atoms with Crippen LogP contribution in [0.4, 0.5) is 5.13 Å². The fourth-order valence-corrected chi connectivity index (χ4v) is 7.08. The normalized spacial score (nSPS) is 21.9. The van der Waals surface area contributed by atoms with Gasteiger partial charge in [-0.1, -0.05) is 44.2 Å². The van der Waals surface area contributed by atoms with Crippen LogP contribution in [0.5, 0.6) is 0 Å². The minimum atomic E-state index is 0.0643. The summed E-state index contributed by atoms with van der Waals surface area (Å²) in [5.41, 5.74) is 8.00. The standard InChI is InChI=1S/C31H42N4OS/c1-21(2)15-17-35(27-13-14-28-29(20-27)37-31(32)34-28)18-16-22-7-11-26(12-8-22)33-30(36)25-10-9-23-5-3-4-6-24(23)19-25/h3-6,9-10,19,21-22,26-27H,7-8,11-18,20H2,1-2H3,(H2,32,34)(H,33,36)/t22?,26?,27-/m0/s1. The number of hydrogen-bond acceptors (Lipinski definition) is 5. The van der Waals surface area contributed by atoms with E-state index >= 15 is 0 Å². The predicted molar refractivity (Wildman–Crippen MR) is 155 cm³/mol. The first-order valence-corrected chi connectivity index (χ1v) is 15.0. The molecule has 198 valence electrons. The highest BCUT2D eigenvalue weighted by Crippen LogP contribution is 2.32. The van der Waals surface area contributed by atoms with Crippen LogP contribution < -0.4 is 11.1 Å². The number of nitrogen functional groups attached to an aromatic ring is 1. The summed E-state index contributed by atoms with van der Waals surface area (Å²) in [6.07, 6.45) is 10.5. The lowest BCUT2D eigenvalue weighted by atomic mass is 9.83. The van der Waals surface area contributed by atoms with Gasteiger partial charge in [0.1, 0.15) is 0 Å². The lowest BCUT2D eigenvalue weighted by Crippen LogP contribution is -2.42. The zero-order chi connectivity index (χ0) is 25.8. The van der Waals surface area contributed by atoms with Gasteiger partial charge >= 0.3 is 0 Å². The van der Waals surface area contributed by atoms with Crippen molar-refractivity contribution in [3.8, 4) is 0 Å². The number of rotatable bonds is 9. The van der Waals surface area contributed by atoms with Gasteiger partial charge in [0.2, 0.25) is 0 Å². The lowest BCUT2D eigenvalue weighted by Gasteiger charge is -2.36. The molecule has 5 nitrogen and oxygen atoms in total. The van der Waals surface area contributed by atoms with Gasteiger partial charge in [-0.15, -0.1) is 11.3 Å². The molecule has 1 amide bonds. The molecule has 3 aromatic rings. The van der Waals surface area contributed by atoms with E-state index in [1.54, 1.807) is 11.3 Å². The quantitative estimate of drug-likeness (QED) is 0.341. The van der Waals surface area contributed by atoms with E-state index in [1.165, 1.54) is 61.2 Å². The van der Waals surface area contributed by atoms with Crippen LogP contribution in [-0.4, -0.2) is 41.0 Å². The molecule has 2 aliphatic rings. The number of amides is 1. The number of aromatic nitrogens is 1. The molecule has 37 heavy (non-hydrogen) atoms. The molecule has 0 aliphatic heterocycles. The largest absolute Gasteiger partial charge is 0.375 e. The summed E-state index contributed by atoms with van der Waals surface area (Å²) in [7, 11) is 0. The Bertz CT molecular complexity index is 1200. The number of nitrogens with zero attached hydrogens (tertiary/aromatic N) is 2. The van der Waals surface area contributed by atoms with Crippen molar-refractivity contribution in [2.75, 3.05) is 18.8 Å². The smallest absolute Gasteiger partial charge is 0.251 e. The third-order valence-corrected chi connectivity index (χ3v) is 9.41.